The summed E-state index contributed by atoms with van der Waals surface area (Å²) in [5.74, 6) is -0.142. The highest BCUT2D eigenvalue weighted by Gasteiger charge is 2.30. The van der Waals surface area contributed by atoms with Gasteiger partial charge in [-0.15, -0.1) is 0 Å². The van der Waals surface area contributed by atoms with E-state index in [0.717, 1.165) is 43.9 Å². The van der Waals surface area contributed by atoms with Gasteiger partial charge in [0, 0.05) is 43.8 Å². The van der Waals surface area contributed by atoms with Crippen molar-refractivity contribution in [2.45, 2.75) is 78.6 Å². The predicted octanol–water partition coefficient (Wildman–Crippen LogP) is 3.91. The molecule has 32 heavy (non-hydrogen) atoms. The third-order valence-corrected chi connectivity index (χ3v) is 6.41. The van der Waals surface area contributed by atoms with Crippen LogP contribution in [-0.2, 0) is 17.8 Å². The first kappa shape index (κ1) is 28.4. The lowest BCUT2D eigenvalue weighted by atomic mass is 10.0. The molecule has 2 N–H and O–H groups in total. The van der Waals surface area contributed by atoms with Gasteiger partial charge in [0.1, 0.15) is 6.04 Å². The van der Waals surface area contributed by atoms with Gasteiger partial charge in [-0.25, -0.2) is 0 Å². The number of hydrogen-bond donors (Lipinski definition) is 1. The molecule has 0 aliphatic carbocycles. The van der Waals surface area contributed by atoms with Gasteiger partial charge in [0.15, 0.2) is 0 Å². The maximum Gasteiger partial charge on any atom is 0.241 e. The van der Waals surface area contributed by atoms with Gasteiger partial charge < -0.3 is 15.5 Å². The van der Waals surface area contributed by atoms with E-state index in [2.05, 4.69) is 28.9 Å². The minimum Gasteiger partial charge on any atom is -0.326 e. The van der Waals surface area contributed by atoms with Crippen LogP contribution in [0.3, 0.4) is 0 Å². The summed E-state index contributed by atoms with van der Waals surface area (Å²) in [5, 5.41) is 10.0. The number of carbonyl (C=O) groups excluding carboxylic acids is 1. The number of amides is 1. The van der Waals surface area contributed by atoms with Crippen molar-refractivity contribution in [3.05, 3.63) is 34.3 Å². The van der Waals surface area contributed by atoms with E-state index in [1.807, 2.05) is 40.0 Å². The van der Waals surface area contributed by atoms with Crippen LogP contribution in [0.5, 0.6) is 0 Å². The molecule has 0 bridgehead atoms. The minimum absolute atomic E-state index is 0.142. The molecule has 0 saturated carbocycles. The van der Waals surface area contributed by atoms with E-state index in [1.54, 1.807) is 11.8 Å². The van der Waals surface area contributed by atoms with Gasteiger partial charge in [-0.3, -0.25) is 9.69 Å². The highest BCUT2D eigenvalue weighted by molar-refractivity contribution is 6.31. The average Bonchev–Trinajstić information content (AvgIpc) is 3.28. The van der Waals surface area contributed by atoms with Crippen molar-refractivity contribution in [2.75, 3.05) is 33.2 Å². The van der Waals surface area contributed by atoms with Gasteiger partial charge in [0.25, 0.3) is 0 Å². The third kappa shape index (κ3) is 7.74. The Labute approximate surface area is 200 Å². The minimum atomic E-state index is -0.623. The molecule has 0 aromatic heterocycles. The second-order valence-electron chi connectivity index (χ2n) is 8.29. The molecule has 1 amide bonds. The molecule has 0 spiro atoms. The van der Waals surface area contributed by atoms with Crippen molar-refractivity contribution in [3.63, 3.8) is 0 Å². The number of nitrogens with two attached hydrogens (primary N) is 1. The fourth-order valence-corrected chi connectivity index (χ4v) is 4.46. The number of halogens is 1. The maximum atomic E-state index is 12.8. The number of likely N-dealkylation sites (tertiary alicyclic amines) is 1. The molecule has 6 nitrogen and oxygen atoms in total. The van der Waals surface area contributed by atoms with Crippen molar-refractivity contribution in [3.8, 4) is 6.07 Å². The fourth-order valence-electron chi connectivity index (χ4n) is 4.21. The number of nitrogens with zero attached hydrogens (tertiary/aromatic N) is 4. The van der Waals surface area contributed by atoms with Crippen LogP contribution in [0.4, 0.5) is 0 Å². The van der Waals surface area contributed by atoms with Gasteiger partial charge in [0.2, 0.25) is 5.91 Å². The van der Waals surface area contributed by atoms with E-state index in [0.29, 0.717) is 19.1 Å². The molecule has 0 radical (unpaired) electrons. The summed E-state index contributed by atoms with van der Waals surface area (Å²) in [7, 11) is 2.03. The van der Waals surface area contributed by atoms with Crippen LogP contribution in [0.2, 0.25) is 5.02 Å². The van der Waals surface area contributed by atoms with E-state index in [4.69, 9.17) is 17.3 Å². The Hall–Kier alpha value is -1.65. The molecule has 2 rings (SSSR count). The second-order valence-corrected chi connectivity index (χ2v) is 8.70. The summed E-state index contributed by atoms with van der Waals surface area (Å²) >= 11 is 6.46. The molecule has 3 unspecified atom stereocenters. The van der Waals surface area contributed by atoms with E-state index in [9.17, 15) is 10.1 Å². The fraction of sp³-hybridized carbons (Fsp3) is 0.680. The zero-order valence-corrected chi connectivity index (χ0v) is 21.5. The first-order valence-electron chi connectivity index (χ1n) is 12.0. The highest BCUT2D eigenvalue weighted by atomic mass is 35.5. The molecular weight excluding hydrogens is 422 g/mol. The molecule has 1 aromatic carbocycles. The number of likely N-dealkylation sites (N-methyl/N-ethyl adjacent to an activating group) is 1. The average molecular weight is 464 g/mol. The molecule has 1 aromatic rings. The molecule has 1 saturated heterocycles. The van der Waals surface area contributed by atoms with Crippen LogP contribution in [0.25, 0.3) is 0 Å². The normalized spacial score (nSPS) is 17.9. The summed E-state index contributed by atoms with van der Waals surface area (Å²) in [6, 6.07) is 7.55. The lowest BCUT2D eigenvalue weighted by Gasteiger charge is -2.31. The van der Waals surface area contributed by atoms with Gasteiger partial charge in [-0.05, 0) is 50.4 Å². The van der Waals surface area contributed by atoms with Gasteiger partial charge >= 0.3 is 0 Å². The Morgan fingerprint density at radius 3 is 2.66 bits per heavy atom. The Morgan fingerprint density at radius 2 is 2.06 bits per heavy atom. The summed E-state index contributed by atoms with van der Waals surface area (Å²) in [5.41, 5.74) is 8.77. The monoisotopic (exact) mass is 463 g/mol. The van der Waals surface area contributed by atoms with E-state index in [1.165, 1.54) is 11.1 Å². The van der Waals surface area contributed by atoms with Crippen LogP contribution >= 0.6 is 11.6 Å². The number of benzene rings is 1. The van der Waals surface area contributed by atoms with Gasteiger partial charge in [-0.1, -0.05) is 51.4 Å². The first-order chi connectivity index (χ1) is 15.3. The summed E-state index contributed by atoms with van der Waals surface area (Å²) < 4.78 is 0. The molecule has 180 valence electrons. The lowest BCUT2D eigenvalue weighted by molar-refractivity contribution is -0.134. The van der Waals surface area contributed by atoms with Crippen LogP contribution in [0.15, 0.2) is 18.2 Å². The summed E-state index contributed by atoms with van der Waals surface area (Å²) in [4.78, 5) is 19.0. The van der Waals surface area contributed by atoms with Crippen molar-refractivity contribution in [2.24, 2.45) is 5.73 Å². The number of aryl methyl sites for hydroxylation is 1. The lowest BCUT2D eigenvalue weighted by Crippen LogP contribution is -2.53. The van der Waals surface area contributed by atoms with Crippen molar-refractivity contribution in [1.82, 2.24) is 14.7 Å². The Morgan fingerprint density at radius 1 is 1.38 bits per heavy atom. The number of carbonyl (C=O) groups is 1. The van der Waals surface area contributed by atoms with Crippen molar-refractivity contribution in [1.29, 1.82) is 5.26 Å². The number of rotatable bonds is 10. The van der Waals surface area contributed by atoms with Crippen molar-refractivity contribution < 1.29 is 4.79 Å². The van der Waals surface area contributed by atoms with Crippen LogP contribution in [-0.4, -0.2) is 72.0 Å². The molecular formula is C25H42ClN5O. The Balaban J connectivity index is 0.00000249. The zero-order chi connectivity index (χ0) is 24.3. The predicted molar refractivity (Wildman–Crippen MR) is 134 cm³/mol. The summed E-state index contributed by atoms with van der Waals surface area (Å²) in [6.07, 6.45) is 2.82. The van der Waals surface area contributed by atoms with E-state index >= 15 is 0 Å². The largest absolute Gasteiger partial charge is 0.326 e. The Kier molecular flexibility index (Phi) is 12.9. The molecule has 1 heterocycles. The second kappa shape index (κ2) is 14.5. The van der Waals surface area contributed by atoms with E-state index in [-0.39, 0.29) is 5.91 Å². The highest BCUT2D eigenvalue weighted by Crippen LogP contribution is 2.25. The third-order valence-electron chi connectivity index (χ3n) is 6.05. The molecule has 1 fully saturated rings. The van der Waals surface area contributed by atoms with Gasteiger partial charge in [-0.2, -0.15) is 5.26 Å². The molecule has 3 atom stereocenters. The van der Waals surface area contributed by atoms with Crippen LogP contribution in [0.1, 0.15) is 58.6 Å². The Bertz CT molecular complexity index is 750. The van der Waals surface area contributed by atoms with Crippen LogP contribution in [0, 0.1) is 11.3 Å². The SMILES string of the molecule is CC.CCCN(C(=O)C(N)CN(C)C1CCN(Cc2c(Cl)cccc2CC)C1)C(C)C#N. The summed E-state index contributed by atoms with van der Waals surface area (Å²) in [6.45, 7) is 13.7. The zero-order valence-electron chi connectivity index (χ0n) is 20.8. The molecule has 1 aliphatic heterocycles. The maximum absolute atomic E-state index is 12.8. The van der Waals surface area contributed by atoms with Gasteiger partial charge in [0.05, 0.1) is 12.1 Å². The van der Waals surface area contributed by atoms with Crippen LogP contribution < -0.4 is 5.73 Å². The van der Waals surface area contributed by atoms with Crippen molar-refractivity contribution >= 4 is 17.5 Å². The van der Waals surface area contributed by atoms with E-state index < -0.39 is 12.1 Å². The molecule has 7 heteroatoms. The number of hydrogen-bond acceptors (Lipinski definition) is 5. The topological polar surface area (TPSA) is 76.6 Å². The standard InChI is InChI=1S/C23H36ClN5O.C2H6/c1-5-11-29(17(3)13-25)23(30)22(26)16-27(4)19-10-12-28(14-19)15-20-18(6-2)8-7-9-21(20)24;1-2/h7-9,17,19,22H,5-6,10-12,14-16,26H2,1-4H3;1-2H3. The smallest absolute Gasteiger partial charge is 0.241 e. The quantitative estimate of drug-likeness (QED) is 0.569. The first-order valence-corrected chi connectivity index (χ1v) is 12.3. The number of nitriles is 1. The molecule has 1 aliphatic rings.